The molecule has 0 saturated heterocycles. The number of hydrogen-bond acceptors (Lipinski definition) is 8. The van der Waals surface area contributed by atoms with Gasteiger partial charge in [-0.1, -0.05) is 10.3 Å². The zero-order chi connectivity index (χ0) is 17.2. The van der Waals surface area contributed by atoms with Gasteiger partial charge in [0.2, 0.25) is 0 Å². The molecule has 8 heteroatoms. The largest absolute Gasteiger partial charge is 0.353 e. The number of fused-ring (bicyclic) bond motifs is 1. The molecule has 1 aliphatic heterocycles. The summed E-state index contributed by atoms with van der Waals surface area (Å²) in [5.74, 6) is 1.61. The standard InChI is InChI=1S/C17H19N7O/c1-11-15(23-25-22-11)10-24(2)17-13-5-7-19-9-14(13)20-16(21-17)12-4-3-6-18-8-12/h3-4,6,8,19H,5,7,9-10H2,1-2H3. The van der Waals surface area contributed by atoms with E-state index in [4.69, 9.17) is 14.6 Å². The molecule has 0 amide bonds. The molecule has 0 atom stereocenters. The van der Waals surface area contributed by atoms with Crippen molar-refractivity contribution in [2.24, 2.45) is 0 Å². The Morgan fingerprint density at radius 1 is 1.28 bits per heavy atom. The summed E-state index contributed by atoms with van der Waals surface area (Å²) in [7, 11) is 2.01. The van der Waals surface area contributed by atoms with Crippen LogP contribution in [0.2, 0.25) is 0 Å². The van der Waals surface area contributed by atoms with E-state index in [1.807, 2.05) is 26.1 Å². The Morgan fingerprint density at radius 2 is 2.20 bits per heavy atom. The van der Waals surface area contributed by atoms with Crippen molar-refractivity contribution < 1.29 is 4.63 Å². The third-order valence-electron chi connectivity index (χ3n) is 4.33. The predicted molar refractivity (Wildman–Crippen MR) is 91.8 cm³/mol. The molecule has 0 aliphatic carbocycles. The molecule has 25 heavy (non-hydrogen) atoms. The SMILES string of the molecule is Cc1nonc1CN(C)c1nc(-c2cccnc2)nc2c1CCNC2. The summed E-state index contributed by atoms with van der Waals surface area (Å²) in [5.41, 5.74) is 4.74. The highest BCUT2D eigenvalue weighted by atomic mass is 16.6. The van der Waals surface area contributed by atoms with E-state index in [0.717, 1.165) is 48.0 Å². The molecular weight excluding hydrogens is 318 g/mol. The zero-order valence-corrected chi connectivity index (χ0v) is 14.2. The van der Waals surface area contributed by atoms with E-state index >= 15 is 0 Å². The maximum atomic E-state index is 4.83. The quantitative estimate of drug-likeness (QED) is 0.766. The fourth-order valence-electron chi connectivity index (χ4n) is 2.97. The molecule has 0 aromatic carbocycles. The Labute approximate surface area is 145 Å². The second-order valence-electron chi connectivity index (χ2n) is 6.12. The Bertz CT molecular complexity index is 878. The number of aromatic nitrogens is 5. The highest BCUT2D eigenvalue weighted by Gasteiger charge is 2.21. The molecule has 0 unspecified atom stereocenters. The number of hydrogen-bond donors (Lipinski definition) is 1. The molecule has 1 aliphatic rings. The molecule has 1 N–H and O–H groups in total. The van der Waals surface area contributed by atoms with Crippen molar-refractivity contribution in [3.8, 4) is 11.4 Å². The Balaban J connectivity index is 1.76. The van der Waals surface area contributed by atoms with E-state index in [1.54, 1.807) is 12.4 Å². The first-order chi connectivity index (χ1) is 12.2. The summed E-state index contributed by atoms with van der Waals surface area (Å²) in [6.07, 6.45) is 4.43. The molecular formula is C17H19N7O. The maximum absolute atomic E-state index is 4.83. The van der Waals surface area contributed by atoms with Crippen molar-refractivity contribution >= 4 is 5.82 Å². The van der Waals surface area contributed by atoms with Gasteiger partial charge in [0.15, 0.2) is 5.82 Å². The van der Waals surface area contributed by atoms with Gasteiger partial charge in [0.25, 0.3) is 0 Å². The predicted octanol–water partition coefficient (Wildman–Crippen LogP) is 1.51. The van der Waals surface area contributed by atoms with Crippen molar-refractivity contribution in [3.05, 3.63) is 47.2 Å². The summed E-state index contributed by atoms with van der Waals surface area (Å²) in [6.45, 7) is 4.14. The molecule has 4 rings (SSSR count). The highest BCUT2D eigenvalue weighted by Crippen LogP contribution is 2.27. The lowest BCUT2D eigenvalue weighted by Crippen LogP contribution is -2.29. The van der Waals surface area contributed by atoms with E-state index < -0.39 is 0 Å². The number of pyridine rings is 1. The monoisotopic (exact) mass is 337 g/mol. The maximum Gasteiger partial charge on any atom is 0.163 e. The summed E-state index contributed by atoms with van der Waals surface area (Å²) in [5, 5.41) is 11.2. The minimum atomic E-state index is 0.582. The van der Waals surface area contributed by atoms with E-state index in [2.05, 4.69) is 25.5 Å². The second kappa shape index (κ2) is 6.56. The van der Waals surface area contributed by atoms with Crippen LogP contribution < -0.4 is 10.2 Å². The zero-order valence-electron chi connectivity index (χ0n) is 14.2. The van der Waals surface area contributed by atoms with E-state index in [0.29, 0.717) is 12.4 Å². The van der Waals surface area contributed by atoms with Crippen molar-refractivity contribution in [1.82, 2.24) is 30.6 Å². The Kier molecular flexibility index (Phi) is 4.10. The van der Waals surface area contributed by atoms with Crippen molar-refractivity contribution in [3.63, 3.8) is 0 Å². The van der Waals surface area contributed by atoms with Gasteiger partial charge in [-0.3, -0.25) is 4.98 Å². The number of rotatable bonds is 4. The van der Waals surface area contributed by atoms with Gasteiger partial charge in [-0.15, -0.1) is 0 Å². The van der Waals surface area contributed by atoms with Crippen LogP contribution in [0.3, 0.4) is 0 Å². The summed E-state index contributed by atoms with van der Waals surface area (Å²) >= 11 is 0. The normalized spacial score (nSPS) is 13.5. The molecule has 3 aromatic heterocycles. The van der Waals surface area contributed by atoms with Gasteiger partial charge in [0.05, 0.1) is 12.2 Å². The molecule has 0 fully saturated rings. The lowest BCUT2D eigenvalue weighted by atomic mass is 10.1. The van der Waals surface area contributed by atoms with Crippen LogP contribution >= 0.6 is 0 Å². The van der Waals surface area contributed by atoms with E-state index in [9.17, 15) is 0 Å². The van der Waals surface area contributed by atoms with Crippen LogP contribution in [0.4, 0.5) is 5.82 Å². The van der Waals surface area contributed by atoms with E-state index in [1.165, 1.54) is 5.56 Å². The molecule has 0 bridgehead atoms. The van der Waals surface area contributed by atoms with Crippen molar-refractivity contribution in [2.45, 2.75) is 26.4 Å². The molecule has 0 radical (unpaired) electrons. The van der Waals surface area contributed by atoms with Crippen molar-refractivity contribution in [2.75, 3.05) is 18.5 Å². The third kappa shape index (κ3) is 3.08. The number of aryl methyl sites for hydroxylation is 1. The number of nitrogens with one attached hydrogen (secondary N) is 1. The molecule has 0 spiro atoms. The summed E-state index contributed by atoms with van der Waals surface area (Å²) < 4.78 is 4.81. The average molecular weight is 337 g/mol. The second-order valence-corrected chi connectivity index (χ2v) is 6.12. The molecule has 128 valence electrons. The number of nitrogens with zero attached hydrogens (tertiary/aromatic N) is 6. The van der Waals surface area contributed by atoms with Crippen LogP contribution in [0.15, 0.2) is 29.2 Å². The Morgan fingerprint density at radius 3 is 2.96 bits per heavy atom. The fourth-order valence-corrected chi connectivity index (χ4v) is 2.97. The van der Waals surface area contributed by atoms with Crippen LogP contribution in [0.5, 0.6) is 0 Å². The van der Waals surface area contributed by atoms with Gasteiger partial charge in [-0.05, 0) is 32.0 Å². The fraction of sp³-hybridized carbons (Fsp3) is 0.353. The van der Waals surface area contributed by atoms with E-state index in [-0.39, 0.29) is 0 Å². The van der Waals surface area contributed by atoms with Gasteiger partial charge < -0.3 is 10.2 Å². The van der Waals surface area contributed by atoms with Gasteiger partial charge >= 0.3 is 0 Å². The lowest BCUT2D eigenvalue weighted by Gasteiger charge is -2.25. The minimum Gasteiger partial charge on any atom is -0.353 e. The van der Waals surface area contributed by atoms with Crippen LogP contribution in [0, 0.1) is 6.92 Å². The molecule has 0 saturated carbocycles. The van der Waals surface area contributed by atoms with Crippen LogP contribution in [-0.2, 0) is 19.5 Å². The highest BCUT2D eigenvalue weighted by molar-refractivity contribution is 5.60. The van der Waals surface area contributed by atoms with Crippen molar-refractivity contribution in [1.29, 1.82) is 0 Å². The van der Waals surface area contributed by atoms with Crippen LogP contribution in [-0.4, -0.2) is 38.9 Å². The summed E-state index contributed by atoms with van der Waals surface area (Å²) in [4.78, 5) is 15.9. The van der Waals surface area contributed by atoms with Crippen LogP contribution in [0.1, 0.15) is 22.6 Å². The smallest absolute Gasteiger partial charge is 0.163 e. The topological polar surface area (TPSA) is 92.9 Å². The summed E-state index contributed by atoms with van der Waals surface area (Å²) in [6, 6.07) is 3.87. The Hall–Kier alpha value is -2.87. The molecule has 3 aromatic rings. The molecule has 8 nitrogen and oxygen atoms in total. The third-order valence-corrected chi connectivity index (χ3v) is 4.33. The lowest BCUT2D eigenvalue weighted by molar-refractivity contribution is 0.301. The van der Waals surface area contributed by atoms with Gasteiger partial charge in [0.1, 0.15) is 17.2 Å². The van der Waals surface area contributed by atoms with Gasteiger partial charge in [0, 0.05) is 37.1 Å². The van der Waals surface area contributed by atoms with Gasteiger partial charge in [-0.25, -0.2) is 14.6 Å². The van der Waals surface area contributed by atoms with Gasteiger partial charge in [-0.2, -0.15) is 0 Å². The first-order valence-electron chi connectivity index (χ1n) is 8.22. The minimum absolute atomic E-state index is 0.582. The average Bonchev–Trinajstić information content (AvgIpc) is 3.06. The van der Waals surface area contributed by atoms with Crippen LogP contribution in [0.25, 0.3) is 11.4 Å². The first kappa shape index (κ1) is 15.6. The number of anilines is 1. The first-order valence-corrected chi connectivity index (χ1v) is 8.22. The molecule has 4 heterocycles.